The number of carbonyl (C=O) groups is 1. The molecular weight excluding hydrogens is 343 g/mol. The highest BCUT2D eigenvalue weighted by Gasteiger charge is 2.28. The van der Waals surface area contributed by atoms with Gasteiger partial charge in [-0.05, 0) is 61.4 Å². The first-order chi connectivity index (χ1) is 11.8. The summed E-state index contributed by atoms with van der Waals surface area (Å²) in [5.74, 6) is -0.477. The van der Waals surface area contributed by atoms with Crippen LogP contribution in [0.4, 0.5) is 15.8 Å². The third kappa shape index (κ3) is 3.11. The lowest BCUT2D eigenvalue weighted by Gasteiger charge is -2.23. The normalized spacial score (nSPS) is 13.6. The van der Waals surface area contributed by atoms with Crippen LogP contribution in [-0.2, 0) is 21.2 Å². The fourth-order valence-corrected chi connectivity index (χ4v) is 4.62. The minimum absolute atomic E-state index is 0.0594. The lowest BCUT2D eigenvalue weighted by atomic mass is 10.2. The number of sulfonamides is 1. The fourth-order valence-electron chi connectivity index (χ4n) is 3.09. The number of anilines is 2. The van der Waals surface area contributed by atoms with Crippen LogP contribution in [0.15, 0.2) is 47.4 Å². The Morgan fingerprint density at radius 2 is 1.88 bits per heavy atom. The molecule has 1 amide bonds. The van der Waals surface area contributed by atoms with Gasteiger partial charge in [-0.1, -0.05) is 0 Å². The van der Waals surface area contributed by atoms with Crippen LogP contribution in [0.2, 0.25) is 0 Å². The molecule has 0 aliphatic carbocycles. The van der Waals surface area contributed by atoms with Crippen LogP contribution >= 0.6 is 0 Å². The van der Waals surface area contributed by atoms with Gasteiger partial charge in [0.1, 0.15) is 5.82 Å². The molecule has 132 valence electrons. The van der Waals surface area contributed by atoms with E-state index in [0.29, 0.717) is 18.7 Å². The molecule has 2 aromatic carbocycles. The Bertz CT molecular complexity index is 910. The largest absolute Gasteiger partial charge is 0.312 e. The number of carbonyl (C=O) groups excluding carboxylic acids is 1. The van der Waals surface area contributed by atoms with Gasteiger partial charge < -0.3 is 4.90 Å². The predicted molar refractivity (Wildman–Crippen MR) is 94.8 cm³/mol. The number of benzene rings is 2. The van der Waals surface area contributed by atoms with Gasteiger partial charge in [-0.3, -0.25) is 9.10 Å². The Morgan fingerprint density at radius 1 is 1.20 bits per heavy atom. The monoisotopic (exact) mass is 362 g/mol. The number of fused-ring (bicyclic) bond motifs is 1. The second-order valence-electron chi connectivity index (χ2n) is 5.86. The molecule has 0 spiro atoms. The van der Waals surface area contributed by atoms with Crippen LogP contribution in [0.5, 0.6) is 0 Å². The molecule has 0 aromatic heterocycles. The summed E-state index contributed by atoms with van der Waals surface area (Å²) in [6, 6.07) is 10.2. The highest BCUT2D eigenvalue weighted by Crippen LogP contribution is 2.32. The van der Waals surface area contributed by atoms with E-state index in [9.17, 15) is 17.6 Å². The number of amides is 1. The summed E-state index contributed by atoms with van der Waals surface area (Å²) < 4.78 is 40.4. The van der Waals surface area contributed by atoms with Crippen LogP contribution in [0, 0.1) is 5.82 Å². The van der Waals surface area contributed by atoms with Crippen molar-refractivity contribution in [3.63, 3.8) is 0 Å². The first kappa shape index (κ1) is 17.4. The van der Waals surface area contributed by atoms with Gasteiger partial charge in [-0.15, -0.1) is 0 Å². The van der Waals surface area contributed by atoms with Gasteiger partial charge >= 0.3 is 0 Å². The summed E-state index contributed by atoms with van der Waals surface area (Å²) in [7, 11) is -3.77. The Kier molecular flexibility index (Phi) is 4.51. The minimum Gasteiger partial charge on any atom is -0.312 e. The second kappa shape index (κ2) is 6.48. The zero-order chi connectivity index (χ0) is 18.2. The molecule has 2 aromatic rings. The molecule has 0 radical (unpaired) electrons. The first-order valence-corrected chi connectivity index (χ1v) is 9.48. The SMILES string of the molecule is CCN(c1ccc(F)cc1)S(=O)(=O)c1ccc2c(c1)CCN2C(C)=O. The third-order valence-electron chi connectivity index (χ3n) is 4.32. The summed E-state index contributed by atoms with van der Waals surface area (Å²) >= 11 is 0. The quantitative estimate of drug-likeness (QED) is 0.840. The molecule has 1 heterocycles. The second-order valence-corrected chi connectivity index (χ2v) is 7.72. The number of hydrogen-bond acceptors (Lipinski definition) is 3. The molecule has 1 aliphatic rings. The Morgan fingerprint density at radius 3 is 2.48 bits per heavy atom. The van der Waals surface area contributed by atoms with Gasteiger partial charge in [0, 0.05) is 25.7 Å². The molecule has 0 saturated heterocycles. The van der Waals surface area contributed by atoms with Crippen LogP contribution in [0.1, 0.15) is 19.4 Å². The molecule has 3 rings (SSSR count). The maximum atomic E-state index is 13.1. The molecule has 0 bridgehead atoms. The van der Waals surface area contributed by atoms with Gasteiger partial charge in [0.05, 0.1) is 10.6 Å². The van der Waals surface area contributed by atoms with E-state index >= 15 is 0 Å². The molecule has 0 atom stereocenters. The molecular formula is C18H19FN2O3S. The van der Waals surface area contributed by atoms with Gasteiger partial charge in [0.15, 0.2) is 0 Å². The molecule has 0 saturated carbocycles. The Labute approximate surface area is 146 Å². The average Bonchev–Trinajstić information content (AvgIpc) is 3.00. The molecule has 0 fully saturated rings. The summed E-state index contributed by atoms with van der Waals surface area (Å²) in [6.07, 6.45) is 0.626. The van der Waals surface area contributed by atoms with Gasteiger partial charge in [0.25, 0.3) is 10.0 Å². The van der Waals surface area contributed by atoms with Crippen LogP contribution in [-0.4, -0.2) is 27.4 Å². The maximum absolute atomic E-state index is 13.1. The molecule has 0 unspecified atom stereocenters. The number of hydrogen-bond donors (Lipinski definition) is 0. The van der Waals surface area contributed by atoms with E-state index in [2.05, 4.69) is 0 Å². The van der Waals surface area contributed by atoms with Gasteiger partial charge in [-0.2, -0.15) is 0 Å². The topological polar surface area (TPSA) is 57.7 Å². The number of halogens is 1. The van der Waals surface area contributed by atoms with Crippen molar-refractivity contribution in [2.45, 2.75) is 25.2 Å². The molecule has 25 heavy (non-hydrogen) atoms. The lowest BCUT2D eigenvalue weighted by Crippen LogP contribution is -2.30. The van der Waals surface area contributed by atoms with E-state index in [1.165, 1.54) is 41.6 Å². The van der Waals surface area contributed by atoms with E-state index < -0.39 is 15.8 Å². The molecule has 1 aliphatic heterocycles. The van der Waals surface area contributed by atoms with Crippen molar-refractivity contribution < 1.29 is 17.6 Å². The van der Waals surface area contributed by atoms with Gasteiger partial charge in [0.2, 0.25) is 5.91 Å². The van der Waals surface area contributed by atoms with Crippen molar-refractivity contribution in [3.8, 4) is 0 Å². The maximum Gasteiger partial charge on any atom is 0.264 e. The standard InChI is InChI=1S/C18H19FN2O3S/c1-3-21(16-6-4-15(19)5-7-16)25(23,24)17-8-9-18-14(12-17)10-11-20(18)13(2)22/h4-9,12H,3,10-11H2,1-2H3. The van der Waals surface area contributed by atoms with E-state index in [1.54, 1.807) is 24.0 Å². The third-order valence-corrected chi connectivity index (χ3v) is 6.22. The first-order valence-electron chi connectivity index (χ1n) is 8.04. The average molecular weight is 362 g/mol. The minimum atomic E-state index is -3.77. The predicted octanol–water partition coefficient (Wildman–Crippen LogP) is 2.95. The summed E-state index contributed by atoms with van der Waals surface area (Å²) in [4.78, 5) is 13.4. The highest BCUT2D eigenvalue weighted by atomic mass is 32.2. The zero-order valence-corrected chi connectivity index (χ0v) is 14.9. The summed E-state index contributed by atoms with van der Waals surface area (Å²) in [5.41, 5.74) is 2.01. The van der Waals surface area contributed by atoms with Crippen molar-refractivity contribution >= 4 is 27.3 Å². The lowest BCUT2D eigenvalue weighted by molar-refractivity contribution is -0.116. The zero-order valence-electron chi connectivity index (χ0n) is 14.1. The van der Waals surface area contributed by atoms with Crippen molar-refractivity contribution in [2.24, 2.45) is 0 Å². The molecule has 7 heteroatoms. The number of rotatable bonds is 4. The van der Waals surface area contributed by atoms with Crippen LogP contribution < -0.4 is 9.21 Å². The van der Waals surface area contributed by atoms with Crippen molar-refractivity contribution in [3.05, 3.63) is 53.8 Å². The van der Waals surface area contributed by atoms with Crippen molar-refractivity contribution in [1.29, 1.82) is 0 Å². The molecule has 0 N–H and O–H groups in total. The Balaban J connectivity index is 2.00. The number of nitrogens with zero attached hydrogens (tertiary/aromatic N) is 2. The van der Waals surface area contributed by atoms with E-state index in [0.717, 1.165) is 11.3 Å². The summed E-state index contributed by atoms with van der Waals surface area (Å²) in [6.45, 7) is 4.01. The van der Waals surface area contributed by atoms with Gasteiger partial charge in [-0.25, -0.2) is 12.8 Å². The smallest absolute Gasteiger partial charge is 0.264 e. The van der Waals surface area contributed by atoms with E-state index in [4.69, 9.17) is 0 Å². The fraction of sp³-hybridized carbons (Fsp3) is 0.278. The summed E-state index contributed by atoms with van der Waals surface area (Å²) in [5, 5.41) is 0. The van der Waals surface area contributed by atoms with E-state index in [1.807, 2.05) is 0 Å². The van der Waals surface area contributed by atoms with Crippen molar-refractivity contribution in [1.82, 2.24) is 0 Å². The van der Waals surface area contributed by atoms with Crippen LogP contribution in [0.3, 0.4) is 0 Å². The molecule has 5 nitrogen and oxygen atoms in total. The Hall–Kier alpha value is -2.41. The van der Waals surface area contributed by atoms with E-state index in [-0.39, 0.29) is 17.3 Å². The van der Waals surface area contributed by atoms with Crippen LogP contribution in [0.25, 0.3) is 0 Å². The highest BCUT2D eigenvalue weighted by molar-refractivity contribution is 7.92. The van der Waals surface area contributed by atoms with Crippen molar-refractivity contribution in [2.75, 3.05) is 22.3 Å².